The molecule has 0 aliphatic carbocycles. The standard InChI is InChI=1S/C11H15N3/c1-8(2)10-7-14-11(13-10)5-4-9(3)6-12-14/h4-9H,1-3H3. The molecule has 0 saturated heterocycles. The van der Waals surface area contributed by atoms with Crippen LogP contribution in [0.3, 0.4) is 0 Å². The molecule has 3 nitrogen and oxygen atoms in total. The lowest BCUT2D eigenvalue weighted by molar-refractivity contribution is 0.825. The Morgan fingerprint density at radius 3 is 2.93 bits per heavy atom. The van der Waals surface area contributed by atoms with Gasteiger partial charge in [0.1, 0.15) is 0 Å². The van der Waals surface area contributed by atoms with Gasteiger partial charge in [-0.3, -0.25) is 0 Å². The van der Waals surface area contributed by atoms with Gasteiger partial charge in [-0.05, 0) is 12.0 Å². The van der Waals surface area contributed by atoms with Crippen molar-refractivity contribution in [2.24, 2.45) is 11.0 Å². The van der Waals surface area contributed by atoms with Crippen molar-refractivity contribution in [3.8, 4) is 0 Å². The van der Waals surface area contributed by atoms with Crippen LogP contribution in [-0.4, -0.2) is 15.9 Å². The fourth-order valence-corrected chi connectivity index (χ4v) is 1.35. The SMILES string of the molecule is CC1C=Cc2nc(C(C)C)cn2N=C1. The fraction of sp³-hybridized carbons (Fsp3) is 0.455. The zero-order valence-corrected chi connectivity index (χ0v) is 8.81. The summed E-state index contributed by atoms with van der Waals surface area (Å²) < 4.78 is 1.84. The zero-order valence-electron chi connectivity index (χ0n) is 8.81. The van der Waals surface area contributed by atoms with Gasteiger partial charge in [0.05, 0.1) is 11.9 Å². The molecular formula is C11H15N3. The molecule has 0 radical (unpaired) electrons. The smallest absolute Gasteiger partial charge is 0.153 e. The molecular weight excluding hydrogens is 174 g/mol. The van der Waals surface area contributed by atoms with E-state index in [2.05, 4.69) is 36.9 Å². The summed E-state index contributed by atoms with van der Waals surface area (Å²) in [5.74, 6) is 1.77. The maximum atomic E-state index is 4.51. The van der Waals surface area contributed by atoms with Crippen LogP contribution in [0.1, 0.15) is 38.2 Å². The van der Waals surface area contributed by atoms with Crippen LogP contribution in [-0.2, 0) is 0 Å². The minimum absolute atomic E-state index is 0.388. The normalized spacial score (nSPS) is 19.9. The van der Waals surface area contributed by atoms with Crippen molar-refractivity contribution in [3.05, 3.63) is 23.8 Å². The van der Waals surface area contributed by atoms with E-state index in [1.54, 1.807) is 0 Å². The first-order valence-corrected chi connectivity index (χ1v) is 4.99. The summed E-state index contributed by atoms with van der Waals surface area (Å²) in [4.78, 5) is 4.51. The molecule has 0 aromatic carbocycles. The second-order valence-electron chi connectivity index (χ2n) is 4.01. The Bertz CT molecular complexity index is 354. The van der Waals surface area contributed by atoms with E-state index in [1.165, 1.54) is 0 Å². The summed E-state index contributed by atoms with van der Waals surface area (Å²) in [5.41, 5.74) is 1.09. The number of aromatic nitrogens is 2. The van der Waals surface area contributed by atoms with Crippen LogP contribution >= 0.6 is 0 Å². The minimum Gasteiger partial charge on any atom is -0.232 e. The van der Waals surface area contributed by atoms with Gasteiger partial charge in [-0.25, -0.2) is 9.66 Å². The Morgan fingerprint density at radius 1 is 1.43 bits per heavy atom. The molecule has 0 N–H and O–H groups in total. The molecule has 0 bridgehead atoms. The van der Waals surface area contributed by atoms with Crippen LogP contribution in [0.15, 0.2) is 17.4 Å². The number of allylic oxidation sites excluding steroid dienone is 1. The molecule has 3 heteroatoms. The van der Waals surface area contributed by atoms with E-state index in [0.29, 0.717) is 11.8 Å². The Labute approximate surface area is 84.2 Å². The fourth-order valence-electron chi connectivity index (χ4n) is 1.35. The zero-order chi connectivity index (χ0) is 10.1. The highest BCUT2D eigenvalue weighted by atomic mass is 15.4. The first kappa shape index (κ1) is 9.19. The maximum absolute atomic E-state index is 4.51. The lowest BCUT2D eigenvalue weighted by atomic mass is 10.1. The number of nitrogens with zero attached hydrogens (tertiary/aromatic N) is 3. The van der Waals surface area contributed by atoms with Crippen LogP contribution in [0.4, 0.5) is 0 Å². The maximum Gasteiger partial charge on any atom is 0.153 e. The lowest BCUT2D eigenvalue weighted by Crippen LogP contribution is -1.91. The molecule has 0 saturated carbocycles. The number of imidazole rings is 1. The van der Waals surface area contributed by atoms with Gasteiger partial charge in [0, 0.05) is 12.1 Å². The van der Waals surface area contributed by atoms with Crippen LogP contribution < -0.4 is 0 Å². The lowest BCUT2D eigenvalue weighted by Gasteiger charge is -1.96. The summed E-state index contributed by atoms with van der Waals surface area (Å²) >= 11 is 0. The average Bonchev–Trinajstić information content (AvgIpc) is 2.48. The van der Waals surface area contributed by atoms with Gasteiger partial charge < -0.3 is 0 Å². The molecule has 1 aromatic heterocycles. The topological polar surface area (TPSA) is 30.2 Å². The minimum atomic E-state index is 0.388. The quantitative estimate of drug-likeness (QED) is 0.667. The van der Waals surface area contributed by atoms with E-state index in [0.717, 1.165) is 11.5 Å². The van der Waals surface area contributed by atoms with Crippen LogP contribution in [0.5, 0.6) is 0 Å². The molecule has 1 unspecified atom stereocenters. The molecule has 0 amide bonds. The van der Waals surface area contributed by atoms with E-state index in [4.69, 9.17) is 0 Å². The van der Waals surface area contributed by atoms with E-state index < -0.39 is 0 Å². The second kappa shape index (κ2) is 3.40. The predicted molar refractivity (Wildman–Crippen MR) is 58.4 cm³/mol. The number of fused-ring (bicyclic) bond motifs is 1. The molecule has 2 rings (SSSR count). The third-order valence-electron chi connectivity index (χ3n) is 2.30. The molecule has 0 spiro atoms. The highest BCUT2D eigenvalue weighted by Gasteiger charge is 2.09. The predicted octanol–water partition coefficient (Wildman–Crippen LogP) is 2.50. The first-order valence-electron chi connectivity index (χ1n) is 4.99. The Hall–Kier alpha value is -1.38. The molecule has 0 fully saturated rings. The summed E-state index contributed by atoms with van der Waals surface area (Å²) in [5, 5.41) is 4.34. The third kappa shape index (κ3) is 1.62. The molecule has 1 aliphatic rings. The third-order valence-corrected chi connectivity index (χ3v) is 2.30. The number of rotatable bonds is 1. The van der Waals surface area contributed by atoms with Crippen molar-refractivity contribution >= 4 is 12.3 Å². The van der Waals surface area contributed by atoms with Crippen molar-refractivity contribution in [1.29, 1.82) is 0 Å². The highest BCUT2D eigenvalue weighted by molar-refractivity contribution is 5.66. The van der Waals surface area contributed by atoms with E-state index >= 15 is 0 Å². The molecule has 14 heavy (non-hydrogen) atoms. The molecule has 2 heterocycles. The van der Waals surface area contributed by atoms with E-state index in [1.807, 2.05) is 23.2 Å². The van der Waals surface area contributed by atoms with Gasteiger partial charge in [-0.2, -0.15) is 5.10 Å². The van der Waals surface area contributed by atoms with Gasteiger partial charge in [0.2, 0.25) is 0 Å². The van der Waals surface area contributed by atoms with Crippen LogP contribution in [0, 0.1) is 5.92 Å². The second-order valence-corrected chi connectivity index (χ2v) is 4.01. The summed E-state index contributed by atoms with van der Waals surface area (Å²) in [6, 6.07) is 0. The molecule has 1 aliphatic heterocycles. The monoisotopic (exact) mass is 189 g/mol. The van der Waals surface area contributed by atoms with E-state index in [-0.39, 0.29) is 0 Å². The summed E-state index contributed by atoms with van der Waals surface area (Å²) in [7, 11) is 0. The molecule has 1 atom stereocenters. The first-order chi connectivity index (χ1) is 6.66. The largest absolute Gasteiger partial charge is 0.232 e. The highest BCUT2D eigenvalue weighted by Crippen LogP contribution is 2.16. The molecule has 74 valence electrons. The van der Waals surface area contributed by atoms with Gasteiger partial charge in [-0.1, -0.05) is 26.8 Å². The van der Waals surface area contributed by atoms with Gasteiger partial charge in [0.15, 0.2) is 5.82 Å². The van der Waals surface area contributed by atoms with Crippen molar-refractivity contribution in [2.75, 3.05) is 0 Å². The Balaban J connectivity index is 2.41. The number of hydrogen-bond donors (Lipinski definition) is 0. The van der Waals surface area contributed by atoms with Crippen molar-refractivity contribution < 1.29 is 0 Å². The van der Waals surface area contributed by atoms with Gasteiger partial charge >= 0.3 is 0 Å². The Morgan fingerprint density at radius 2 is 2.21 bits per heavy atom. The van der Waals surface area contributed by atoms with Gasteiger partial charge in [0.25, 0.3) is 0 Å². The van der Waals surface area contributed by atoms with Gasteiger partial charge in [-0.15, -0.1) is 0 Å². The van der Waals surface area contributed by atoms with Crippen LogP contribution in [0.25, 0.3) is 6.08 Å². The van der Waals surface area contributed by atoms with Crippen LogP contribution in [0.2, 0.25) is 0 Å². The van der Waals surface area contributed by atoms with E-state index in [9.17, 15) is 0 Å². The molecule has 1 aromatic rings. The van der Waals surface area contributed by atoms with Crippen molar-refractivity contribution in [1.82, 2.24) is 9.66 Å². The Kier molecular flexibility index (Phi) is 2.23. The average molecular weight is 189 g/mol. The van der Waals surface area contributed by atoms with Crippen molar-refractivity contribution in [3.63, 3.8) is 0 Å². The van der Waals surface area contributed by atoms with Crippen molar-refractivity contribution in [2.45, 2.75) is 26.7 Å². The summed E-state index contributed by atoms with van der Waals surface area (Å²) in [6.07, 6.45) is 8.07. The number of hydrogen-bond acceptors (Lipinski definition) is 2. The summed E-state index contributed by atoms with van der Waals surface area (Å²) in [6.45, 7) is 6.38.